The van der Waals surface area contributed by atoms with Crippen molar-refractivity contribution in [3.8, 4) is 0 Å². The van der Waals surface area contributed by atoms with Gasteiger partial charge in [0.15, 0.2) is 5.96 Å². The third-order valence-electron chi connectivity index (χ3n) is 5.65. The third kappa shape index (κ3) is 4.06. The Balaban J connectivity index is 1.58. The normalized spacial score (nSPS) is 17.8. The average Bonchev–Trinajstić information content (AvgIpc) is 2.75. The highest BCUT2D eigenvalue weighted by Gasteiger charge is 2.31. The van der Waals surface area contributed by atoms with Crippen LogP contribution in [0.4, 0.5) is 15.9 Å². The molecule has 1 aliphatic heterocycles. The molecule has 1 unspecified atom stereocenters. The summed E-state index contributed by atoms with van der Waals surface area (Å²) in [5, 5.41) is 0. The van der Waals surface area contributed by atoms with Crippen LogP contribution in [0, 0.1) is 18.7 Å². The molecule has 1 atom stereocenters. The molecule has 0 aliphatic carbocycles. The number of guanidine groups is 1. The zero-order chi connectivity index (χ0) is 21.3. The first kappa shape index (κ1) is 20.1. The maximum absolute atomic E-state index is 13.7. The Morgan fingerprint density at radius 2 is 1.93 bits per heavy atom. The van der Waals surface area contributed by atoms with E-state index in [4.69, 9.17) is 10.7 Å². The van der Waals surface area contributed by atoms with Crippen LogP contribution < -0.4 is 10.6 Å². The van der Waals surface area contributed by atoms with Gasteiger partial charge >= 0.3 is 0 Å². The predicted molar refractivity (Wildman–Crippen MR) is 120 cm³/mol. The lowest BCUT2D eigenvalue weighted by atomic mass is 10.00. The SMILES string of the molecule is Cc1ccc(F)cc1N=C(N)N1CCN(c2cnc3ccccc3n2)CC1C(C)C. The van der Waals surface area contributed by atoms with Gasteiger partial charge in [0.1, 0.15) is 11.6 Å². The van der Waals surface area contributed by atoms with E-state index in [0.29, 0.717) is 24.1 Å². The van der Waals surface area contributed by atoms with Crippen LogP contribution in [0.15, 0.2) is 53.7 Å². The number of para-hydroxylation sites is 2. The molecule has 0 bridgehead atoms. The Kier molecular flexibility index (Phi) is 5.53. The fourth-order valence-electron chi connectivity index (χ4n) is 3.86. The molecule has 0 saturated carbocycles. The molecule has 0 spiro atoms. The molecule has 0 amide bonds. The summed E-state index contributed by atoms with van der Waals surface area (Å²) < 4.78 is 13.7. The number of rotatable bonds is 3. The maximum atomic E-state index is 13.7. The molecular formula is C23H27FN6. The fourth-order valence-corrected chi connectivity index (χ4v) is 3.86. The zero-order valence-corrected chi connectivity index (χ0v) is 17.6. The van der Waals surface area contributed by atoms with Crippen molar-refractivity contribution >= 4 is 28.5 Å². The van der Waals surface area contributed by atoms with Gasteiger partial charge in [0.05, 0.1) is 29.0 Å². The Morgan fingerprint density at radius 1 is 1.17 bits per heavy atom. The molecule has 1 saturated heterocycles. The van der Waals surface area contributed by atoms with Gasteiger partial charge in [-0.3, -0.25) is 4.98 Å². The highest BCUT2D eigenvalue weighted by atomic mass is 19.1. The number of aromatic nitrogens is 2. The average molecular weight is 407 g/mol. The van der Waals surface area contributed by atoms with E-state index in [1.165, 1.54) is 12.1 Å². The smallest absolute Gasteiger partial charge is 0.196 e. The molecule has 2 N–H and O–H groups in total. The van der Waals surface area contributed by atoms with Gasteiger partial charge in [-0.15, -0.1) is 0 Å². The number of hydrogen-bond acceptors (Lipinski definition) is 4. The molecule has 7 heteroatoms. The van der Waals surface area contributed by atoms with E-state index in [9.17, 15) is 4.39 Å². The summed E-state index contributed by atoms with van der Waals surface area (Å²) in [5.41, 5.74) is 9.64. The zero-order valence-electron chi connectivity index (χ0n) is 17.6. The van der Waals surface area contributed by atoms with E-state index in [1.54, 1.807) is 6.07 Å². The van der Waals surface area contributed by atoms with Gasteiger partial charge in [-0.2, -0.15) is 0 Å². The number of anilines is 1. The van der Waals surface area contributed by atoms with Crippen LogP contribution in [0.1, 0.15) is 19.4 Å². The highest BCUT2D eigenvalue weighted by Crippen LogP contribution is 2.24. The number of halogens is 1. The summed E-state index contributed by atoms with van der Waals surface area (Å²) in [4.78, 5) is 18.3. The molecule has 0 radical (unpaired) electrons. The molecule has 1 aliphatic rings. The number of nitrogens with zero attached hydrogens (tertiary/aromatic N) is 5. The van der Waals surface area contributed by atoms with Crippen LogP contribution in [0.5, 0.6) is 0 Å². The first-order valence-electron chi connectivity index (χ1n) is 10.3. The van der Waals surface area contributed by atoms with Gasteiger partial charge in [-0.25, -0.2) is 14.4 Å². The van der Waals surface area contributed by atoms with E-state index in [2.05, 4.69) is 33.6 Å². The molecule has 1 aromatic heterocycles. The van der Waals surface area contributed by atoms with E-state index in [1.807, 2.05) is 37.4 Å². The van der Waals surface area contributed by atoms with Crippen LogP contribution in [0.25, 0.3) is 11.0 Å². The summed E-state index contributed by atoms with van der Waals surface area (Å²) >= 11 is 0. The number of aliphatic imine (C=N–C) groups is 1. The lowest BCUT2D eigenvalue weighted by Gasteiger charge is -2.44. The van der Waals surface area contributed by atoms with E-state index >= 15 is 0 Å². The van der Waals surface area contributed by atoms with Crippen LogP contribution in [0.2, 0.25) is 0 Å². The Hall–Kier alpha value is -3.22. The second kappa shape index (κ2) is 8.26. The van der Waals surface area contributed by atoms with Gasteiger partial charge in [-0.1, -0.05) is 32.0 Å². The van der Waals surface area contributed by atoms with E-state index in [0.717, 1.165) is 35.5 Å². The van der Waals surface area contributed by atoms with Gasteiger partial charge in [-0.05, 0) is 42.7 Å². The second-order valence-electron chi connectivity index (χ2n) is 8.07. The molecule has 2 heterocycles. The predicted octanol–water partition coefficient (Wildman–Crippen LogP) is 3.87. The van der Waals surface area contributed by atoms with Crippen molar-refractivity contribution in [3.05, 3.63) is 60.0 Å². The first-order chi connectivity index (χ1) is 14.4. The minimum Gasteiger partial charge on any atom is -0.369 e. The van der Waals surface area contributed by atoms with Gasteiger partial charge in [0, 0.05) is 19.6 Å². The minimum atomic E-state index is -0.313. The largest absolute Gasteiger partial charge is 0.369 e. The first-order valence-corrected chi connectivity index (χ1v) is 10.3. The monoisotopic (exact) mass is 406 g/mol. The Morgan fingerprint density at radius 3 is 2.70 bits per heavy atom. The molecule has 6 nitrogen and oxygen atoms in total. The highest BCUT2D eigenvalue weighted by molar-refractivity contribution is 5.82. The lowest BCUT2D eigenvalue weighted by Crippen LogP contribution is -2.59. The Bertz CT molecular complexity index is 1080. The molecule has 2 aromatic carbocycles. The van der Waals surface area contributed by atoms with Crippen LogP contribution in [0.3, 0.4) is 0 Å². The molecular weight excluding hydrogens is 379 g/mol. The van der Waals surface area contributed by atoms with Gasteiger partial charge in [0.25, 0.3) is 0 Å². The summed E-state index contributed by atoms with van der Waals surface area (Å²) in [6.45, 7) is 8.49. The maximum Gasteiger partial charge on any atom is 0.196 e. The van der Waals surface area contributed by atoms with Crippen molar-refractivity contribution < 1.29 is 4.39 Å². The number of piperazine rings is 1. The lowest BCUT2D eigenvalue weighted by molar-refractivity contribution is 0.222. The fraction of sp³-hybridized carbons (Fsp3) is 0.348. The van der Waals surface area contributed by atoms with E-state index < -0.39 is 0 Å². The van der Waals surface area contributed by atoms with Crippen LogP contribution in [-0.4, -0.2) is 46.5 Å². The molecule has 1 fully saturated rings. The quantitative estimate of drug-likeness (QED) is 0.528. The summed E-state index contributed by atoms with van der Waals surface area (Å²) in [6.07, 6.45) is 1.84. The number of aryl methyl sites for hydroxylation is 1. The summed E-state index contributed by atoms with van der Waals surface area (Å²) in [7, 11) is 0. The standard InChI is InChI=1S/C23H27FN6/c1-15(2)21-14-29(22-13-26-18-6-4-5-7-19(18)27-22)10-11-30(21)23(25)28-20-12-17(24)9-8-16(20)3/h4-9,12-13,15,21H,10-11,14H2,1-3H3,(H2,25,28). The van der Waals surface area contributed by atoms with Crippen molar-refractivity contribution in [2.24, 2.45) is 16.6 Å². The molecule has 4 rings (SSSR count). The molecule has 30 heavy (non-hydrogen) atoms. The van der Waals surface area contributed by atoms with Crippen molar-refractivity contribution in [3.63, 3.8) is 0 Å². The third-order valence-corrected chi connectivity index (χ3v) is 5.65. The number of fused-ring (bicyclic) bond motifs is 1. The van der Waals surface area contributed by atoms with Crippen molar-refractivity contribution in [1.82, 2.24) is 14.9 Å². The minimum absolute atomic E-state index is 0.157. The molecule has 3 aromatic rings. The van der Waals surface area contributed by atoms with E-state index in [-0.39, 0.29) is 11.9 Å². The summed E-state index contributed by atoms with van der Waals surface area (Å²) in [5.74, 6) is 1.33. The van der Waals surface area contributed by atoms with Crippen molar-refractivity contribution in [2.45, 2.75) is 26.8 Å². The van der Waals surface area contributed by atoms with Crippen LogP contribution >= 0.6 is 0 Å². The van der Waals surface area contributed by atoms with Crippen molar-refractivity contribution in [1.29, 1.82) is 0 Å². The van der Waals surface area contributed by atoms with Crippen LogP contribution in [-0.2, 0) is 0 Å². The number of benzene rings is 2. The topological polar surface area (TPSA) is 70.6 Å². The molecule has 156 valence electrons. The second-order valence-corrected chi connectivity index (χ2v) is 8.07. The number of hydrogen-bond donors (Lipinski definition) is 1. The Labute approximate surface area is 176 Å². The van der Waals surface area contributed by atoms with Crippen molar-refractivity contribution in [2.75, 3.05) is 24.5 Å². The summed E-state index contributed by atoms with van der Waals surface area (Å²) in [6, 6.07) is 12.6. The number of nitrogens with two attached hydrogens (primary N) is 1. The van der Waals surface area contributed by atoms with Gasteiger partial charge in [0.2, 0.25) is 0 Å². The van der Waals surface area contributed by atoms with Gasteiger partial charge < -0.3 is 15.5 Å².